The summed E-state index contributed by atoms with van der Waals surface area (Å²) in [5.41, 5.74) is 1.16. The van der Waals surface area contributed by atoms with E-state index in [4.69, 9.17) is 0 Å². The number of carbonyl (C=O) groups excluding carboxylic acids is 1. The number of nitrogens with zero attached hydrogens (tertiary/aromatic N) is 1. The quantitative estimate of drug-likeness (QED) is 0.806. The van der Waals surface area contributed by atoms with E-state index in [-0.39, 0.29) is 11.7 Å². The molecule has 1 atom stereocenters. The molecule has 0 radical (unpaired) electrons. The molecule has 1 amide bonds. The maximum atomic E-state index is 12.8. The molecule has 0 aliphatic heterocycles. The van der Waals surface area contributed by atoms with Crippen LogP contribution in [0.1, 0.15) is 30.3 Å². The summed E-state index contributed by atoms with van der Waals surface area (Å²) in [6, 6.07) is 6.33. The van der Waals surface area contributed by atoms with Gasteiger partial charge in [0.15, 0.2) is 5.13 Å². The average molecular weight is 350 g/mol. The number of anilines is 1. The van der Waals surface area contributed by atoms with E-state index in [0.717, 1.165) is 28.6 Å². The Morgan fingerprint density at radius 2 is 2.22 bits per heavy atom. The summed E-state index contributed by atoms with van der Waals surface area (Å²) in [7, 11) is 0. The third-order valence-electron chi connectivity index (χ3n) is 3.84. The Morgan fingerprint density at radius 3 is 3.00 bits per heavy atom. The molecule has 122 valence electrons. The number of amides is 1. The molecule has 1 N–H and O–H groups in total. The zero-order valence-electron chi connectivity index (χ0n) is 13.0. The van der Waals surface area contributed by atoms with E-state index in [1.54, 1.807) is 35.2 Å². The van der Waals surface area contributed by atoms with Crippen LogP contribution in [0.5, 0.6) is 0 Å². The van der Waals surface area contributed by atoms with Crippen LogP contribution in [0.3, 0.4) is 0 Å². The molecule has 0 fully saturated rings. The van der Waals surface area contributed by atoms with Gasteiger partial charge in [0.2, 0.25) is 5.91 Å². The summed E-state index contributed by atoms with van der Waals surface area (Å²) in [6.07, 6.45) is 3.69. The zero-order chi connectivity index (χ0) is 16.2. The number of thioether (sulfide) groups is 1. The molecular weight excluding hydrogens is 331 g/mol. The van der Waals surface area contributed by atoms with Gasteiger partial charge in [0.25, 0.3) is 0 Å². The number of hydrogen-bond acceptors (Lipinski definition) is 4. The first-order chi connectivity index (χ1) is 11.1. The summed E-state index contributed by atoms with van der Waals surface area (Å²) in [5.74, 6) is 1.12. The Kier molecular flexibility index (Phi) is 5.33. The van der Waals surface area contributed by atoms with Gasteiger partial charge in [0.05, 0.1) is 5.69 Å². The second-order valence-corrected chi connectivity index (χ2v) is 8.09. The van der Waals surface area contributed by atoms with Crippen LogP contribution in [0, 0.1) is 11.7 Å². The first-order valence-corrected chi connectivity index (χ1v) is 9.57. The SMILES string of the molecule is C[C@@H]1CCc2nc(NC(=O)CCSc3ccc(F)cc3)sc2C1. The van der Waals surface area contributed by atoms with E-state index in [0.29, 0.717) is 18.1 Å². The Bertz CT molecular complexity index is 684. The lowest BCUT2D eigenvalue weighted by Crippen LogP contribution is -2.12. The number of nitrogens with one attached hydrogen (secondary N) is 1. The van der Waals surface area contributed by atoms with Crippen LogP contribution in [0.2, 0.25) is 0 Å². The van der Waals surface area contributed by atoms with Crippen LogP contribution >= 0.6 is 23.1 Å². The molecular formula is C17H19FN2OS2. The molecule has 1 aliphatic rings. The molecule has 1 aliphatic carbocycles. The molecule has 0 saturated carbocycles. The summed E-state index contributed by atoms with van der Waals surface area (Å²) in [6.45, 7) is 2.26. The van der Waals surface area contributed by atoms with Crippen molar-refractivity contribution in [2.45, 2.75) is 37.5 Å². The minimum absolute atomic E-state index is 0.0150. The van der Waals surface area contributed by atoms with Gasteiger partial charge in [-0.05, 0) is 49.4 Å². The van der Waals surface area contributed by atoms with Crippen molar-refractivity contribution in [2.75, 3.05) is 11.1 Å². The summed E-state index contributed by atoms with van der Waals surface area (Å²) < 4.78 is 12.8. The van der Waals surface area contributed by atoms with Gasteiger partial charge in [0, 0.05) is 21.9 Å². The van der Waals surface area contributed by atoms with Crippen LogP contribution < -0.4 is 5.32 Å². The Balaban J connectivity index is 1.47. The third kappa shape index (κ3) is 4.54. The monoisotopic (exact) mass is 350 g/mol. The van der Waals surface area contributed by atoms with Crippen molar-refractivity contribution in [3.05, 3.63) is 40.7 Å². The smallest absolute Gasteiger partial charge is 0.226 e. The van der Waals surface area contributed by atoms with Gasteiger partial charge < -0.3 is 5.32 Å². The van der Waals surface area contributed by atoms with Crippen LogP contribution in [-0.2, 0) is 17.6 Å². The lowest BCUT2D eigenvalue weighted by Gasteiger charge is -2.15. The van der Waals surface area contributed by atoms with Gasteiger partial charge in [-0.25, -0.2) is 9.37 Å². The van der Waals surface area contributed by atoms with E-state index < -0.39 is 0 Å². The Morgan fingerprint density at radius 1 is 1.43 bits per heavy atom. The molecule has 1 aromatic carbocycles. The van der Waals surface area contributed by atoms with Gasteiger partial charge >= 0.3 is 0 Å². The predicted octanol–water partition coefficient (Wildman–Crippen LogP) is 4.53. The normalized spacial score (nSPS) is 16.9. The van der Waals surface area contributed by atoms with E-state index in [9.17, 15) is 9.18 Å². The number of rotatable bonds is 5. The third-order valence-corrected chi connectivity index (χ3v) is 5.89. The molecule has 3 rings (SSSR count). The number of thiazole rings is 1. The summed E-state index contributed by atoms with van der Waals surface area (Å²) in [4.78, 5) is 18.8. The highest BCUT2D eigenvalue weighted by molar-refractivity contribution is 7.99. The maximum Gasteiger partial charge on any atom is 0.226 e. The van der Waals surface area contributed by atoms with Crippen LogP contribution in [0.25, 0.3) is 0 Å². The standard InChI is InChI=1S/C17H19FN2OS2/c1-11-2-7-14-15(10-11)23-17(19-14)20-16(21)8-9-22-13-5-3-12(18)4-6-13/h3-6,11H,2,7-10H2,1H3,(H,19,20,21)/t11-/m1/s1. The van der Waals surface area contributed by atoms with E-state index in [1.807, 2.05) is 0 Å². The molecule has 0 spiro atoms. The van der Waals surface area contributed by atoms with Gasteiger partial charge in [0.1, 0.15) is 5.82 Å². The molecule has 3 nitrogen and oxygen atoms in total. The fourth-order valence-electron chi connectivity index (χ4n) is 2.57. The number of hydrogen-bond donors (Lipinski definition) is 1. The maximum absolute atomic E-state index is 12.8. The summed E-state index contributed by atoms with van der Waals surface area (Å²) in [5, 5.41) is 3.63. The zero-order valence-corrected chi connectivity index (χ0v) is 14.6. The minimum atomic E-state index is -0.242. The minimum Gasteiger partial charge on any atom is -0.302 e. The van der Waals surface area contributed by atoms with E-state index in [2.05, 4.69) is 17.2 Å². The first kappa shape index (κ1) is 16.5. The highest BCUT2D eigenvalue weighted by Crippen LogP contribution is 2.32. The number of carbonyl (C=O) groups is 1. The number of halogens is 1. The van der Waals surface area contributed by atoms with Crippen molar-refractivity contribution in [3.8, 4) is 0 Å². The lowest BCUT2D eigenvalue weighted by atomic mass is 9.93. The van der Waals surface area contributed by atoms with Crippen LogP contribution in [0.4, 0.5) is 9.52 Å². The molecule has 0 bridgehead atoms. The van der Waals surface area contributed by atoms with Crippen molar-refractivity contribution >= 4 is 34.1 Å². The number of aryl methyl sites for hydroxylation is 1. The van der Waals surface area contributed by atoms with Crippen molar-refractivity contribution in [1.82, 2.24) is 4.98 Å². The van der Waals surface area contributed by atoms with E-state index >= 15 is 0 Å². The molecule has 1 aromatic heterocycles. The topological polar surface area (TPSA) is 42.0 Å². The molecule has 2 aromatic rings. The fourth-order valence-corrected chi connectivity index (χ4v) is 4.61. The number of aromatic nitrogens is 1. The Hall–Kier alpha value is -1.40. The predicted molar refractivity (Wildman–Crippen MR) is 93.7 cm³/mol. The molecule has 1 heterocycles. The average Bonchev–Trinajstić information content (AvgIpc) is 2.90. The molecule has 0 unspecified atom stereocenters. The number of benzene rings is 1. The second kappa shape index (κ2) is 7.45. The van der Waals surface area contributed by atoms with Gasteiger partial charge in [-0.15, -0.1) is 23.1 Å². The second-order valence-electron chi connectivity index (χ2n) is 5.84. The number of fused-ring (bicyclic) bond motifs is 1. The fraction of sp³-hybridized carbons (Fsp3) is 0.412. The van der Waals surface area contributed by atoms with Gasteiger partial charge in [-0.3, -0.25) is 4.79 Å². The summed E-state index contributed by atoms with van der Waals surface area (Å²) >= 11 is 3.16. The highest BCUT2D eigenvalue weighted by atomic mass is 32.2. The van der Waals surface area contributed by atoms with Crippen molar-refractivity contribution in [3.63, 3.8) is 0 Å². The van der Waals surface area contributed by atoms with Gasteiger partial charge in [-0.1, -0.05) is 6.92 Å². The van der Waals surface area contributed by atoms with Crippen molar-refractivity contribution in [1.29, 1.82) is 0 Å². The molecule has 0 saturated heterocycles. The Labute approximate surface area is 143 Å². The molecule has 6 heteroatoms. The lowest BCUT2D eigenvalue weighted by molar-refractivity contribution is -0.115. The van der Waals surface area contributed by atoms with E-state index in [1.165, 1.54) is 23.4 Å². The van der Waals surface area contributed by atoms with Crippen molar-refractivity contribution in [2.24, 2.45) is 5.92 Å². The van der Waals surface area contributed by atoms with Crippen LogP contribution in [0.15, 0.2) is 29.2 Å². The first-order valence-electron chi connectivity index (χ1n) is 7.77. The van der Waals surface area contributed by atoms with Crippen LogP contribution in [-0.4, -0.2) is 16.6 Å². The van der Waals surface area contributed by atoms with Gasteiger partial charge in [-0.2, -0.15) is 0 Å². The largest absolute Gasteiger partial charge is 0.302 e. The highest BCUT2D eigenvalue weighted by Gasteiger charge is 2.20. The van der Waals surface area contributed by atoms with Crippen molar-refractivity contribution < 1.29 is 9.18 Å². The molecule has 23 heavy (non-hydrogen) atoms.